The zero-order valence-electron chi connectivity index (χ0n) is 11.7. The van der Waals surface area contributed by atoms with Crippen molar-refractivity contribution in [3.63, 3.8) is 0 Å². The molecule has 4 heteroatoms. The second-order valence-corrected chi connectivity index (χ2v) is 4.97. The number of aromatic carboxylic acids is 2. The summed E-state index contributed by atoms with van der Waals surface area (Å²) in [4.78, 5) is 22.2. The van der Waals surface area contributed by atoms with Crippen molar-refractivity contribution in [2.75, 3.05) is 0 Å². The molecule has 0 bridgehead atoms. The fourth-order valence-electron chi connectivity index (χ4n) is 2.29. The van der Waals surface area contributed by atoms with Gasteiger partial charge in [-0.3, -0.25) is 0 Å². The Labute approximate surface area is 122 Å². The molecule has 0 saturated heterocycles. The van der Waals surface area contributed by atoms with Crippen LogP contribution in [0.5, 0.6) is 0 Å². The molecule has 0 saturated carbocycles. The summed E-state index contributed by atoms with van der Waals surface area (Å²) in [6.45, 7) is 2.00. The summed E-state index contributed by atoms with van der Waals surface area (Å²) < 4.78 is 0. The van der Waals surface area contributed by atoms with Crippen molar-refractivity contribution < 1.29 is 19.8 Å². The number of aryl methyl sites for hydroxylation is 3. The molecule has 2 rings (SSSR count). The van der Waals surface area contributed by atoms with Crippen LogP contribution in [-0.2, 0) is 12.8 Å². The first kappa shape index (κ1) is 14.8. The minimum absolute atomic E-state index is 0.110. The summed E-state index contributed by atoms with van der Waals surface area (Å²) in [5, 5.41) is 18.2. The number of carboxylic acid groups (broad SMARTS) is 2. The van der Waals surface area contributed by atoms with Crippen molar-refractivity contribution >= 4 is 11.9 Å². The molecule has 0 spiro atoms. The van der Waals surface area contributed by atoms with Gasteiger partial charge in [0.15, 0.2) is 0 Å². The summed E-state index contributed by atoms with van der Waals surface area (Å²) in [7, 11) is 0. The number of rotatable bonds is 5. The summed E-state index contributed by atoms with van der Waals surface area (Å²) >= 11 is 0. The third-order valence-electron chi connectivity index (χ3n) is 3.35. The molecule has 0 heterocycles. The number of carbonyl (C=O) groups is 2. The zero-order chi connectivity index (χ0) is 15.4. The van der Waals surface area contributed by atoms with Crippen LogP contribution in [0.3, 0.4) is 0 Å². The predicted octanol–water partition coefficient (Wildman–Crippen LogP) is 3.18. The average molecular weight is 284 g/mol. The van der Waals surface area contributed by atoms with Gasteiger partial charge in [0.2, 0.25) is 0 Å². The lowest BCUT2D eigenvalue weighted by Crippen LogP contribution is -2.07. The molecule has 0 radical (unpaired) electrons. The van der Waals surface area contributed by atoms with Crippen LogP contribution >= 0.6 is 0 Å². The highest BCUT2D eigenvalue weighted by atomic mass is 16.4. The van der Waals surface area contributed by atoms with E-state index in [1.165, 1.54) is 18.2 Å². The van der Waals surface area contributed by atoms with Gasteiger partial charge < -0.3 is 10.2 Å². The van der Waals surface area contributed by atoms with E-state index >= 15 is 0 Å². The van der Waals surface area contributed by atoms with E-state index in [4.69, 9.17) is 5.11 Å². The summed E-state index contributed by atoms with van der Waals surface area (Å²) in [5.74, 6) is -2.09. The van der Waals surface area contributed by atoms with Gasteiger partial charge in [-0.1, -0.05) is 29.8 Å². The number of hydrogen-bond acceptors (Lipinski definition) is 2. The maximum Gasteiger partial charge on any atom is 0.335 e. The van der Waals surface area contributed by atoms with Gasteiger partial charge >= 0.3 is 11.9 Å². The Morgan fingerprint density at radius 2 is 1.71 bits per heavy atom. The number of benzene rings is 2. The third-order valence-corrected chi connectivity index (χ3v) is 3.35. The van der Waals surface area contributed by atoms with Gasteiger partial charge in [-0.05, 0) is 49.1 Å². The maximum atomic E-state index is 11.2. The second kappa shape index (κ2) is 6.22. The van der Waals surface area contributed by atoms with E-state index in [2.05, 4.69) is 0 Å². The largest absolute Gasteiger partial charge is 0.478 e. The fourth-order valence-corrected chi connectivity index (χ4v) is 2.29. The lowest BCUT2D eigenvalue weighted by Gasteiger charge is -2.08. The van der Waals surface area contributed by atoms with E-state index in [1.54, 1.807) is 0 Å². The molecule has 0 aliphatic heterocycles. The lowest BCUT2D eigenvalue weighted by molar-refractivity contribution is 0.0680. The van der Waals surface area contributed by atoms with E-state index in [0.29, 0.717) is 18.4 Å². The van der Waals surface area contributed by atoms with Crippen LogP contribution in [0.2, 0.25) is 0 Å². The molecule has 0 aliphatic carbocycles. The number of carboxylic acids is 2. The second-order valence-electron chi connectivity index (χ2n) is 4.97. The van der Waals surface area contributed by atoms with E-state index in [9.17, 15) is 14.7 Å². The smallest absolute Gasteiger partial charge is 0.335 e. The van der Waals surface area contributed by atoms with Gasteiger partial charge in [0.05, 0.1) is 11.1 Å². The lowest BCUT2D eigenvalue weighted by atomic mass is 9.97. The van der Waals surface area contributed by atoms with Crippen molar-refractivity contribution in [3.05, 3.63) is 70.3 Å². The molecular formula is C17H16O4. The minimum Gasteiger partial charge on any atom is -0.478 e. The molecule has 2 N–H and O–H groups in total. The SMILES string of the molecule is Cc1cccc(CCc2cc(C(=O)O)ccc2C(=O)O)c1. The van der Waals surface area contributed by atoms with Crippen LogP contribution in [-0.4, -0.2) is 22.2 Å². The van der Waals surface area contributed by atoms with Crippen molar-refractivity contribution in [1.82, 2.24) is 0 Å². The molecule has 0 aliphatic rings. The Morgan fingerprint density at radius 3 is 2.33 bits per heavy atom. The molecule has 4 nitrogen and oxygen atoms in total. The molecule has 0 amide bonds. The van der Waals surface area contributed by atoms with Gasteiger partial charge in [-0.2, -0.15) is 0 Å². The molecule has 2 aromatic carbocycles. The quantitative estimate of drug-likeness (QED) is 0.884. The van der Waals surface area contributed by atoms with Crippen LogP contribution in [0.15, 0.2) is 42.5 Å². The highest BCUT2D eigenvalue weighted by Gasteiger charge is 2.13. The molecule has 21 heavy (non-hydrogen) atoms. The summed E-state index contributed by atoms with van der Waals surface area (Å²) in [6, 6.07) is 12.1. The maximum absolute atomic E-state index is 11.2. The van der Waals surface area contributed by atoms with Gasteiger partial charge in [-0.25, -0.2) is 9.59 Å². The highest BCUT2D eigenvalue weighted by molar-refractivity contribution is 5.93. The Balaban J connectivity index is 2.26. The molecular weight excluding hydrogens is 268 g/mol. The van der Waals surface area contributed by atoms with Crippen molar-refractivity contribution in [2.24, 2.45) is 0 Å². The summed E-state index contributed by atoms with van der Waals surface area (Å²) in [5.41, 5.74) is 3.06. The Hall–Kier alpha value is -2.62. The van der Waals surface area contributed by atoms with E-state index in [-0.39, 0.29) is 11.1 Å². The van der Waals surface area contributed by atoms with Crippen LogP contribution in [0, 0.1) is 6.92 Å². The highest BCUT2D eigenvalue weighted by Crippen LogP contribution is 2.16. The van der Waals surface area contributed by atoms with Gasteiger partial charge in [-0.15, -0.1) is 0 Å². The topological polar surface area (TPSA) is 74.6 Å². The van der Waals surface area contributed by atoms with Gasteiger partial charge in [0.1, 0.15) is 0 Å². The van der Waals surface area contributed by atoms with Crippen molar-refractivity contribution in [2.45, 2.75) is 19.8 Å². The van der Waals surface area contributed by atoms with Crippen LogP contribution in [0.1, 0.15) is 37.4 Å². The minimum atomic E-state index is -1.05. The normalized spacial score (nSPS) is 10.3. The first-order valence-corrected chi connectivity index (χ1v) is 6.62. The van der Waals surface area contributed by atoms with E-state index in [1.807, 2.05) is 31.2 Å². The Morgan fingerprint density at radius 1 is 0.952 bits per heavy atom. The Bertz CT molecular complexity index is 689. The number of hydrogen-bond donors (Lipinski definition) is 2. The molecule has 0 unspecified atom stereocenters. The van der Waals surface area contributed by atoms with Crippen molar-refractivity contribution in [1.29, 1.82) is 0 Å². The summed E-state index contributed by atoms with van der Waals surface area (Å²) in [6.07, 6.45) is 1.16. The van der Waals surface area contributed by atoms with Crippen LogP contribution in [0.25, 0.3) is 0 Å². The molecule has 2 aromatic rings. The molecule has 0 atom stereocenters. The molecule has 0 fully saturated rings. The monoisotopic (exact) mass is 284 g/mol. The Kier molecular flexibility index (Phi) is 4.38. The van der Waals surface area contributed by atoms with Crippen molar-refractivity contribution in [3.8, 4) is 0 Å². The fraction of sp³-hybridized carbons (Fsp3) is 0.176. The van der Waals surface area contributed by atoms with Crippen LogP contribution in [0.4, 0.5) is 0 Å². The molecule has 108 valence electrons. The standard InChI is InChI=1S/C17H16O4/c1-11-3-2-4-12(9-11)5-6-13-10-14(16(18)19)7-8-15(13)17(20)21/h2-4,7-10H,5-6H2,1H3,(H,18,19)(H,20,21). The van der Waals surface area contributed by atoms with Crippen LogP contribution < -0.4 is 0 Å². The average Bonchev–Trinajstić information content (AvgIpc) is 2.44. The third kappa shape index (κ3) is 3.69. The van der Waals surface area contributed by atoms with E-state index in [0.717, 1.165) is 11.1 Å². The zero-order valence-corrected chi connectivity index (χ0v) is 11.7. The first-order valence-electron chi connectivity index (χ1n) is 6.62. The predicted molar refractivity (Wildman–Crippen MR) is 78.9 cm³/mol. The van der Waals surface area contributed by atoms with Gasteiger partial charge in [0.25, 0.3) is 0 Å². The van der Waals surface area contributed by atoms with E-state index < -0.39 is 11.9 Å². The van der Waals surface area contributed by atoms with Gasteiger partial charge in [0, 0.05) is 0 Å². The first-order chi connectivity index (χ1) is 9.97. The molecule has 0 aromatic heterocycles.